The van der Waals surface area contributed by atoms with Crippen LogP contribution in [-0.2, 0) is 14.9 Å². The SMILES string of the molecule is CCOc1ccccc1OCC(=O)N/N=C/c1ccc(S(=O)(=O)[O-])o1. The molecule has 0 bridgehead atoms. The molecule has 0 saturated carbocycles. The van der Waals surface area contributed by atoms with E-state index in [0.29, 0.717) is 18.1 Å². The predicted molar refractivity (Wildman–Crippen MR) is 85.5 cm³/mol. The monoisotopic (exact) mass is 367 g/mol. The Hall–Kier alpha value is -2.85. The normalized spacial score (nSPS) is 11.4. The molecule has 0 aliphatic heterocycles. The summed E-state index contributed by atoms with van der Waals surface area (Å²) < 4.78 is 47.7. The van der Waals surface area contributed by atoms with E-state index in [2.05, 4.69) is 10.5 Å². The highest BCUT2D eigenvalue weighted by Gasteiger charge is 2.08. The molecule has 2 rings (SSSR count). The molecule has 0 unspecified atom stereocenters. The summed E-state index contributed by atoms with van der Waals surface area (Å²) in [6.45, 7) is 1.98. The van der Waals surface area contributed by atoms with Crippen molar-refractivity contribution in [2.75, 3.05) is 13.2 Å². The van der Waals surface area contributed by atoms with Crippen LogP contribution in [0.1, 0.15) is 12.7 Å². The van der Waals surface area contributed by atoms with E-state index >= 15 is 0 Å². The Kier molecular flexibility index (Phi) is 6.14. The van der Waals surface area contributed by atoms with Gasteiger partial charge in [-0.2, -0.15) is 5.10 Å². The molecule has 1 aromatic carbocycles. The summed E-state index contributed by atoms with van der Waals surface area (Å²) in [5.41, 5.74) is 2.18. The molecule has 1 aromatic heterocycles. The van der Waals surface area contributed by atoms with E-state index in [9.17, 15) is 17.8 Å². The third kappa shape index (κ3) is 5.62. The highest BCUT2D eigenvalue weighted by molar-refractivity contribution is 7.85. The third-order valence-electron chi connectivity index (χ3n) is 2.74. The largest absolute Gasteiger partial charge is 0.742 e. The molecule has 1 heterocycles. The van der Waals surface area contributed by atoms with Crippen LogP contribution in [0.2, 0.25) is 0 Å². The van der Waals surface area contributed by atoms with Gasteiger partial charge >= 0.3 is 0 Å². The number of amides is 1. The molecule has 9 nitrogen and oxygen atoms in total. The van der Waals surface area contributed by atoms with Crippen LogP contribution in [-0.4, -0.2) is 38.3 Å². The van der Waals surface area contributed by atoms with Crippen LogP contribution in [0.25, 0.3) is 0 Å². The standard InChI is InChI=1S/C15H16N2O7S/c1-2-22-12-5-3-4-6-13(12)23-10-14(18)17-16-9-11-7-8-15(24-11)25(19,20)21/h3-9H,2,10H2,1H3,(H,17,18)(H,19,20,21)/p-1/b16-9+. The van der Waals surface area contributed by atoms with Crippen molar-refractivity contribution in [2.45, 2.75) is 12.0 Å². The van der Waals surface area contributed by atoms with Gasteiger partial charge in [-0.15, -0.1) is 0 Å². The Labute approximate surface area is 144 Å². The van der Waals surface area contributed by atoms with Crippen molar-refractivity contribution >= 4 is 22.2 Å². The molecule has 0 saturated heterocycles. The van der Waals surface area contributed by atoms with Crippen molar-refractivity contribution in [3.8, 4) is 11.5 Å². The van der Waals surface area contributed by atoms with E-state index in [4.69, 9.17) is 13.9 Å². The number of nitrogens with one attached hydrogen (secondary N) is 1. The number of hydrazone groups is 1. The van der Waals surface area contributed by atoms with Gasteiger partial charge in [0.15, 0.2) is 28.2 Å². The number of hydrogen-bond donors (Lipinski definition) is 1. The molecule has 0 atom stereocenters. The lowest BCUT2D eigenvalue weighted by atomic mass is 10.3. The summed E-state index contributed by atoms with van der Waals surface area (Å²) in [6.07, 6.45) is 1.06. The van der Waals surface area contributed by atoms with Gasteiger partial charge in [0, 0.05) is 0 Å². The van der Waals surface area contributed by atoms with Crippen LogP contribution in [0.4, 0.5) is 0 Å². The molecule has 0 spiro atoms. The molecule has 0 aliphatic rings. The average molecular weight is 367 g/mol. The zero-order valence-corrected chi connectivity index (χ0v) is 14.0. The molecule has 134 valence electrons. The number of rotatable bonds is 8. The summed E-state index contributed by atoms with van der Waals surface area (Å²) in [5, 5.41) is 2.86. The Morgan fingerprint density at radius 3 is 2.52 bits per heavy atom. The minimum atomic E-state index is -4.67. The lowest BCUT2D eigenvalue weighted by Crippen LogP contribution is -2.24. The number of furan rings is 1. The van der Waals surface area contributed by atoms with Crippen molar-refractivity contribution in [3.63, 3.8) is 0 Å². The van der Waals surface area contributed by atoms with E-state index in [1.165, 1.54) is 6.07 Å². The van der Waals surface area contributed by atoms with Crippen LogP contribution >= 0.6 is 0 Å². The summed E-state index contributed by atoms with van der Waals surface area (Å²) in [6, 6.07) is 9.13. The average Bonchev–Trinajstić information content (AvgIpc) is 3.03. The summed E-state index contributed by atoms with van der Waals surface area (Å²) in [5.74, 6) is 0.381. The number of carbonyl (C=O) groups excluding carboxylic acids is 1. The number of benzene rings is 1. The van der Waals surface area contributed by atoms with Gasteiger partial charge < -0.3 is 18.4 Å². The van der Waals surface area contributed by atoms with Crippen molar-refractivity contribution in [1.82, 2.24) is 5.43 Å². The molecule has 1 N–H and O–H groups in total. The van der Waals surface area contributed by atoms with Crippen LogP contribution in [0.15, 0.2) is 51.0 Å². The molecule has 2 aromatic rings. The first-order chi connectivity index (χ1) is 11.9. The fourth-order valence-electron chi connectivity index (χ4n) is 1.73. The number of para-hydroxylation sites is 2. The minimum absolute atomic E-state index is 0.00247. The van der Waals surface area contributed by atoms with Crippen molar-refractivity contribution in [1.29, 1.82) is 0 Å². The highest BCUT2D eigenvalue weighted by atomic mass is 32.2. The van der Waals surface area contributed by atoms with Gasteiger partial charge in [0.1, 0.15) is 5.76 Å². The molecule has 25 heavy (non-hydrogen) atoms. The van der Waals surface area contributed by atoms with E-state index in [1.54, 1.807) is 24.3 Å². The van der Waals surface area contributed by atoms with Gasteiger partial charge in [0.05, 0.1) is 12.8 Å². The molecular weight excluding hydrogens is 352 g/mol. The number of nitrogens with zero attached hydrogens (tertiary/aromatic N) is 1. The van der Waals surface area contributed by atoms with Gasteiger partial charge in [-0.25, -0.2) is 13.8 Å². The Morgan fingerprint density at radius 2 is 1.92 bits per heavy atom. The Bertz CT molecular complexity index is 858. The van der Waals surface area contributed by atoms with Crippen molar-refractivity contribution in [2.24, 2.45) is 5.10 Å². The van der Waals surface area contributed by atoms with Gasteiger partial charge in [-0.1, -0.05) is 12.1 Å². The number of carbonyl (C=O) groups is 1. The van der Waals surface area contributed by atoms with Gasteiger partial charge in [-0.05, 0) is 31.2 Å². The summed E-state index contributed by atoms with van der Waals surface area (Å²) in [7, 11) is -4.67. The van der Waals surface area contributed by atoms with Gasteiger partial charge in [0.25, 0.3) is 5.91 Å². The van der Waals surface area contributed by atoms with Crippen LogP contribution < -0.4 is 14.9 Å². The Morgan fingerprint density at radius 1 is 1.24 bits per heavy atom. The predicted octanol–water partition coefficient (Wildman–Crippen LogP) is 1.11. The first-order valence-electron chi connectivity index (χ1n) is 7.12. The second-order valence-electron chi connectivity index (χ2n) is 4.57. The highest BCUT2D eigenvalue weighted by Crippen LogP contribution is 2.26. The van der Waals surface area contributed by atoms with E-state index < -0.39 is 21.1 Å². The number of ether oxygens (including phenoxy) is 2. The van der Waals surface area contributed by atoms with Crippen LogP contribution in [0.5, 0.6) is 11.5 Å². The zero-order valence-electron chi connectivity index (χ0n) is 13.2. The topological polar surface area (TPSA) is 130 Å². The van der Waals surface area contributed by atoms with Gasteiger partial charge in [0.2, 0.25) is 5.09 Å². The van der Waals surface area contributed by atoms with Gasteiger partial charge in [-0.3, -0.25) is 4.79 Å². The maximum Gasteiger partial charge on any atom is 0.277 e. The zero-order chi connectivity index (χ0) is 18.3. The molecule has 10 heteroatoms. The second-order valence-corrected chi connectivity index (χ2v) is 5.88. The lowest BCUT2D eigenvalue weighted by Gasteiger charge is -2.10. The first-order valence-corrected chi connectivity index (χ1v) is 8.53. The lowest BCUT2D eigenvalue weighted by molar-refractivity contribution is -0.123. The maximum atomic E-state index is 11.7. The molecule has 0 aliphatic carbocycles. The van der Waals surface area contributed by atoms with E-state index in [-0.39, 0.29) is 12.4 Å². The molecule has 1 amide bonds. The summed E-state index contributed by atoms with van der Waals surface area (Å²) >= 11 is 0. The third-order valence-corrected chi connectivity index (χ3v) is 3.45. The first kappa shape index (κ1) is 18.5. The van der Waals surface area contributed by atoms with E-state index in [1.807, 2.05) is 6.92 Å². The van der Waals surface area contributed by atoms with E-state index in [0.717, 1.165) is 12.3 Å². The fourth-order valence-corrected chi connectivity index (χ4v) is 2.16. The minimum Gasteiger partial charge on any atom is -0.742 e. The molecular formula is C15H15N2O7S-. The molecule has 0 radical (unpaired) electrons. The Balaban J connectivity index is 1.86. The second kappa shape index (κ2) is 8.31. The van der Waals surface area contributed by atoms with Crippen molar-refractivity contribution in [3.05, 3.63) is 42.2 Å². The summed E-state index contributed by atoms with van der Waals surface area (Å²) in [4.78, 5) is 11.7. The van der Waals surface area contributed by atoms with Crippen LogP contribution in [0.3, 0.4) is 0 Å². The maximum absolute atomic E-state index is 11.7. The fraction of sp³-hybridized carbons (Fsp3) is 0.200. The molecule has 0 fully saturated rings. The van der Waals surface area contributed by atoms with Crippen LogP contribution in [0, 0.1) is 0 Å². The number of hydrogen-bond acceptors (Lipinski definition) is 8. The quantitative estimate of drug-likeness (QED) is 0.420. The smallest absolute Gasteiger partial charge is 0.277 e. The van der Waals surface area contributed by atoms with Crippen molar-refractivity contribution < 1.29 is 31.7 Å².